The standard InChI is InChI=1S/C9H11NSe/c1-9(2)4-3-7-8(5-9)11-6-10-7/h3-4,6H,5H2,1-2H3. The Labute approximate surface area is 72.9 Å². The molecule has 1 aliphatic carbocycles. The first-order valence-electron chi connectivity index (χ1n) is 3.79. The van der Waals surface area contributed by atoms with Crippen molar-refractivity contribution in [3.63, 3.8) is 0 Å². The molecule has 58 valence electrons. The van der Waals surface area contributed by atoms with Gasteiger partial charge in [0.15, 0.2) is 0 Å². The molecule has 0 radical (unpaired) electrons. The monoisotopic (exact) mass is 213 g/mol. The van der Waals surface area contributed by atoms with Crippen molar-refractivity contribution in [2.75, 3.05) is 0 Å². The third kappa shape index (κ3) is 1.33. The van der Waals surface area contributed by atoms with Crippen molar-refractivity contribution in [1.29, 1.82) is 0 Å². The summed E-state index contributed by atoms with van der Waals surface area (Å²) >= 11 is 0.553. The van der Waals surface area contributed by atoms with Crippen LogP contribution < -0.4 is 0 Å². The van der Waals surface area contributed by atoms with Crippen molar-refractivity contribution < 1.29 is 0 Å². The van der Waals surface area contributed by atoms with Crippen LogP contribution in [0.2, 0.25) is 0 Å². The molecule has 1 heterocycles. The maximum absolute atomic E-state index is 4.32. The Balaban J connectivity index is 2.44. The number of rotatable bonds is 0. The average Bonchev–Trinajstić information content (AvgIpc) is 2.31. The molecule has 0 N–H and O–H groups in total. The van der Waals surface area contributed by atoms with E-state index in [-0.39, 0.29) is 0 Å². The molecule has 0 atom stereocenters. The molecule has 0 aliphatic heterocycles. The fourth-order valence-electron chi connectivity index (χ4n) is 1.32. The van der Waals surface area contributed by atoms with E-state index in [9.17, 15) is 0 Å². The molecule has 0 saturated heterocycles. The van der Waals surface area contributed by atoms with Gasteiger partial charge in [-0.15, -0.1) is 0 Å². The van der Waals surface area contributed by atoms with E-state index in [1.807, 2.05) is 0 Å². The van der Waals surface area contributed by atoms with Crippen molar-refractivity contribution in [2.24, 2.45) is 5.41 Å². The first kappa shape index (κ1) is 7.33. The van der Waals surface area contributed by atoms with Gasteiger partial charge in [-0.2, -0.15) is 0 Å². The molecule has 2 heteroatoms. The van der Waals surface area contributed by atoms with E-state index in [2.05, 4.69) is 36.1 Å². The van der Waals surface area contributed by atoms with Crippen LogP contribution in [-0.2, 0) is 6.42 Å². The first-order chi connectivity index (χ1) is 5.17. The zero-order valence-corrected chi connectivity index (χ0v) is 8.51. The number of nitrogens with zero attached hydrogens (tertiary/aromatic N) is 1. The summed E-state index contributed by atoms with van der Waals surface area (Å²) < 4.78 is 1.57. The number of fused-ring (bicyclic) bond motifs is 1. The van der Waals surface area contributed by atoms with E-state index in [0.717, 1.165) is 0 Å². The number of hydrogen-bond acceptors (Lipinski definition) is 1. The molecule has 0 aromatic carbocycles. The molecule has 1 aromatic rings. The van der Waals surface area contributed by atoms with Crippen LogP contribution in [-0.4, -0.2) is 19.5 Å². The zero-order valence-electron chi connectivity index (χ0n) is 6.79. The van der Waals surface area contributed by atoms with Gasteiger partial charge in [-0.05, 0) is 0 Å². The Hall–Kier alpha value is -0.331. The number of aromatic nitrogens is 1. The fraction of sp³-hybridized carbons (Fsp3) is 0.444. The molecule has 0 spiro atoms. The second-order valence-corrected chi connectivity index (χ2v) is 5.63. The topological polar surface area (TPSA) is 12.9 Å². The maximum atomic E-state index is 4.32. The summed E-state index contributed by atoms with van der Waals surface area (Å²) in [6, 6.07) is 0. The number of allylic oxidation sites excluding steroid dienone is 1. The van der Waals surface area contributed by atoms with Crippen LogP contribution in [0.15, 0.2) is 11.1 Å². The summed E-state index contributed by atoms with van der Waals surface area (Å²) in [5.41, 5.74) is 1.61. The summed E-state index contributed by atoms with van der Waals surface area (Å²) in [4.78, 5) is 4.32. The summed E-state index contributed by atoms with van der Waals surface area (Å²) in [5.74, 6) is 0. The van der Waals surface area contributed by atoms with Crippen LogP contribution in [0.1, 0.15) is 24.0 Å². The van der Waals surface area contributed by atoms with Crippen molar-refractivity contribution in [3.8, 4) is 0 Å². The minimum atomic E-state index is 0.369. The molecular weight excluding hydrogens is 201 g/mol. The van der Waals surface area contributed by atoms with Gasteiger partial charge in [0.1, 0.15) is 0 Å². The summed E-state index contributed by atoms with van der Waals surface area (Å²) in [6.07, 6.45) is 5.65. The SMILES string of the molecule is CC1(C)C=Cc2nc[se]c2C1. The van der Waals surface area contributed by atoms with Gasteiger partial charge in [-0.1, -0.05) is 0 Å². The van der Waals surface area contributed by atoms with Gasteiger partial charge in [0.2, 0.25) is 0 Å². The van der Waals surface area contributed by atoms with Crippen LogP contribution in [0.3, 0.4) is 0 Å². The van der Waals surface area contributed by atoms with E-state index < -0.39 is 0 Å². The Kier molecular flexibility index (Phi) is 1.55. The van der Waals surface area contributed by atoms with Gasteiger partial charge in [-0.3, -0.25) is 0 Å². The van der Waals surface area contributed by atoms with Gasteiger partial charge in [0.25, 0.3) is 0 Å². The van der Waals surface area contributed by atoms with E-state index >= 15 is 0 Å². The molecule has 0 unspecified atom stereocenters. The summed E-state index contributed by atoms with van der Waals surface area (Å²) in [6.45, 7) is 4.56. The Morgan fingerprint density at radius 1 is 1.55 bits per heavy atom. The molecular formula is C9H11NSe. The predicted octanol–water partition coefficient (Wildman–Crippen LogP) is 1.73. The van der Waals surface area contributed by atoms with E-state index in [1.165, 1.54) is 12.1 Å². The van der Waals surface area contributed by atoms with E-state index in [0.29, 0.717) is 19.9 Å². The molecule has 2 rings (SSSR count). The van der Waals surface area contributed by atoms with Gasteiger partial charge in [0.05, 0.1) is 0 Å². The van der Waals surface area contributed by atoms with Crippen molar-refractivity contribution in [2.45, 2.75) is 20.3 Å². The quantitative estimate of drug-likeness (QED) is 0.597. The minimum absolute atomic E-state index is 0.369. The predicted molar refractivity (Wildman–Crippen MR) is 47.7 cm³/mol. The third-order valence-corrected chi connectivity index (χ3v) is 3.76. The molecule has 0 amide bonds. The first-order valence-corrected chi connectivity index (χ1v) is 5.64. The van der Waals surface area contributed by atoms with Gasteiger partial charge in [0, 0.05) is 0 Å². The summed E-state index contributed by atoms with van der Waals surface area (Å²) in [5, 5.41) is 2.07. The molecule has 1 nitrogen and oxygen atoms in total. The van der Waals surface area contributed by atoms with E-state index in [4.69, 9.17) is 0 Å². The zero-order chi connectivity index (χ0) is 7.90. The molecule has 0 saturated carbocycles. The van der Waals surface area contributed by atoms with Crippen LogP contribution in [0.5, 0.6) is 0 Å². The Bertz CT molecular complexity index is 296. The third-order valence-electron chi connectivity index (χ3n) is 1.98. The normalized spacial score (nSPS) is 19.8. The fourth-order valence-corrected chi connectivity index (χ4v) is 3.40. The van der Waals surface area contributed by atoms with Crippen LogP contribution in [0.25, 0.3) is 6.08 Å². The van der Waals surface area contributed by atoms with Gasteiger partial charge in [-0.25, -0.2) is 0 Å². The second kappa shape index (κ2) is 2.33. The van der Waals surface area contributed by atoms with Crippen molar-refractivity contribution in [1.82, 2.24) is 4.98 Å². The second-order valence-electron chi connectivity index (χ2n) is 3.66. The van der Waals surface area contributed by atoms with Crippen molar-refractivity contribution in [3.05, 3.63) is 21.3 Å². The summed E-state index contributed by atoms with van der Waals surface area (Å²) in [7, 11) is 0. The van der Waals surface area contributed by atoms with E-state index in [1.54, 1.807) is 4.44 Å². The van der Waals surface area contributed by atoms with Gasteiger partial charge < -0.3 is 0 Å². The van der Waals surface area contributed by atoms with Crippen LogP contribution in [0, 0.1) is 5.41 Å². The van der Waals surface area contributed by atoms with Gasteiger partial charge >= 0.3 is 72.5 Å². The van der Waals surface area contributed by atoms with Crippen molar-refractivity contribution >= 4 is 20.6 Å². The molecule has 1 aromatic heterocycles. The number of hydrogen-bond donors (Lipinski definition) is 0. The van der Waals surface area contributed by atoms with Crippen LogP contribution >= 0.6 is 0 Å². The average molecular weight is 212 g/mol. The molecule has 11 heavy (non-hydrogen) atoms. The molecule has 0 fully saturated rings. The Morgan fingerprint density at radius 3 is 3.18 bits per heavy atom. The molecule has 1 aliphatic rings. The molecule has 0 bridgehead atoms. The Morgan fingerprint density at radius 2 is 2.36 bits per heavy atom. The van der Waals surface area contributed by atoms with Crippen LogP contribution in [0.4, 0.5) is 0 Å².